The van der Waals surface area contributed by atoms with E-state index in [2.05, 4.69) is 13.5 Å². The van der Waals surface area contributed by atoms with Crippen LogP contribution in [0, 0.1) is 5.92 Å². The molecule has 0 aliphatic heterocycles. The molecule has 2 aliphatic rings. The average molecular weight is 413 g/mol. The van der Waals surface area contributed by atoms with Crippen LogP contribution >= 0.6 is 0 Å². The summed E-state index contributed by atoms with van der Waals surface area (Å²) in [5, 5.41) is 31.8. The van der Waals surface area contributed by atoms with Crippen molar-refractivity contribution in [3.8, 4) is 11.5 Å². The normalized spacial score (nSPS) is 23.4. The lowest BCUT2D eigenvalue weighted by molar-refractivity contribution is 0.314. The van der Waals surface area contributed by atoms with Gasteiger partial charge < -0.3 is 15.3 Å². The van der Waals surface area contributed by atoms with Gasteiger partial charge in [0.15, 0.2) is 0 Å². The van der Waals surface area contributed by atoms with Crippen LogP contribution in [0.5, 0.6) is 11.5 Å². The van der Waals surface area contributed by atoms with Crippen molar-refractivity contribution in [1.82, 2.24) is 0 Å². The van der Waals surface area contributed by atoms with E-state index in [0.717, 1.165) is 48.8 Å². The van der Waals surface area contributed by atoms with Gasteiger partial charge >= 0.3 is 0 Å². The first-order valence-corrected chi connectivity index (χ1v) is 11.9. The van der Waals surface area contributed by atoms with Crippen molar-refractivity contribution >= 4 is 0 Å². The van der Waals surface area contributed by atoms with Gasteiger partial charge in [0.1, 0.15) is 11.5 Å². The minimum atomic E-state index is -0.142. The fraction of sp³-hybridized carbons (Fsp3) is 0.630. The Kier molecular flexibility index (Phi) is 7.68. The van der Waals surface area contributed by atoms with Crippen LogP contribution in [-0.4, -0.2) is 21.9 Å². The summed E-state index contributed by atoms with van der Waals surface area (Å²) in [7, 11) is 0. The number of rotatable bonds is 9. The highest BCUT2D eigenvalue weighted by Gasteiger charge is 2.37. The summed E-state index contributed by atoms with van der Waals surface area (Å²) in [5.41, 5.74) is 3.82. The monoisotopic (exact) mass is 412 g/mol. The number of aliphatic hydroxyl groups is 1. The number of phenols is 2. The summed E-state index contributed by atoms with van der Waals surface area (Å²) < 4.78 is 0. The molecule has 30 heavy (non-hydrogen) atoms. The van der Waals surface area contributed by atoms with Gasteiger partial charge in [-0.3, -0.25) is 0 Å². The van der Waals surface area contributed by atoms with Gasteiger partial charge in [0.25, 0.3) is 0 Å². The lowest BCUT2D eigenvalue weighted by Gasteiger charge is -2.34. The zero-order valence-electron chi connectivity index (χ0n) is 18.9. The second-order valence-electron chi connectivity index (χ2n) is 9.73. The first kappa shape index (κ1) is 22.9. The number of aromatic hydroxyl groups is 2. The van der Waals surface area contributed by atoms with Crippen LogP contribution in [-0.2, 0) is 5.41 Å². The van der Waals surface area contributed by atoms with Gasteiger partial charge in [-0.05, 0) is 73.6 Å². The molecule has 0 bridgehead atoms. The molecule has 3 heteroatoms. The molecule has 0 aromatic heterocycles. The molecular weight excluding hydrogens is 372 g/mol. The molecule has 166 valence electrons. The number of hydrogen-bond acceptors (Lipinski definition) is 3. The van der Waals surface area contributed by atoms with Crippen molar-refractivity contribution in [2.45, 2.75) is 95.8 Å². The van der Waals surface area contributed by atoms with Crippen molar-refractivity contribution in [3.05, 3.63) is 47.1 Å². The molecule has 1 saturated carbocycles. The maximum atomic E-state index is 11.1. The van der Waals surface area contributed by atoms with Crippen LogP contribution < -0.4 is 0 Å². The Labute approximate surface area is 182 Å². The molecule has 2 aliphatic carbocycles. The molecule has 1 fully saturated rings. The van der Waals surface area contributed by atoms with Crippen molar-refractivity contribution in [2.75, 3.05) is 6.61 Å². The summed E-state index contributed by atoms with van der Waals surface area (Å²) in [6.07, 6.45) is 14.6. The van der Waals surface area contributed by atoms with Gasteiger partial charge in [-0.1, -0.05) is 63.7 Å². The molecular formula is C27H40O3. The van der Waals surface area contributed by atoms with Crippen LogP contribution in [0.4, 0.5) is 0 Å². The van der Waals surface area contributed by atoms with Crippen molar-refractivity contribution in [2.24, 2.45) is 5.92 Å². The van der Waals surface area contributed by atoms with Crippen LogP contribution in [0.25, 0.3) is 0 Å². The SMILES string of the molecule is C=C(C)C1CCC(CO)=CC1c1c(O)cc(C2(CCCCCC)CCCC2)cc1O. The van der Waals surface area contributed by atoms with E-state index in [9.17, 15) is 15.3 Å². The summed E-state index contributed by atoms with van der Waals surface area (Å²) in [6.45, 7) is 8.43. The number of phenolic OH excluding ortho intramolecular Hbond substituents is 2. The molecule has 3 nitrogen and oxygen atoms in total. The molecule has 0 amide bonds. The Morgan fingerprint density at radius 1 is 1.10 bits per heavy atom. The lowest BCUT2D eigenvalue weighted by Crippen LogP contribution is -2.23. The first-order chi connectivity index (χ1) is 14.4. The largest absolute Gasteiger partial charge is 0.507 e. The topological polar surface area (TPSA) is 60.7 Å². The smallest absolute Gasteiger partial charge is 0.123 e. The Morgan fingerprint density at radius 2 is 1.77 bits per heavy atom. The van der Waals surface area contributed by atoms with Crippen molar-refractivity contribution in [3.63, 3.8) is 0 Å². The molecule has 0 saturated heterocycles. The highest BCUT2D eigenvalue weighted by molar-refractivity contribution is 5.53. The van der Waals surface area contributed by atoms with E-state index in [4.69, 9.17) is 0 Å². The summed E-state index contributed by atoms with van der Waals surface area (Å²) in [6, 6.07) is 3.85. The van der Waals surface area contributed by atoms with E-state index in [1.165, 1.54) is 38.5 Å². The number of aliphatic hydroxyl groups excluding tert-OH is 1. The molecule has 2 atom stereocenters. The second-order valence-corrected chi connectivity index (χ2v) is 9.73. The number of benzene rings is 1. The van der Waals surface area contributed by atoms with Gasteiger partial charge in [-0.25, -0.2) is 0 Å². The van der Waals surface area contributed by atoms with Crippen LogP contribution in [0.1, 0.15) is 102 Å². The third kappa shape index (κ3) is 4.77. The highest BCUT2D eigenvalue weighted by atomic mass is 16.3. The molecule has 1 aromatic rings. The fourth-order valence-corrected chi connectivity index (χ4v) is 5.84. The molecule has 1 aromatic carbocycles. The van der Waals surface area contributed by atoms with Gasteiger partial charge in [0.2, 0.25) is 0 Å². The van der Waals surface area contributed by atoms with Gasteiger partial charge in [-0.15, -0.1) is 0 Å². The second kappa shape index (κ2) is 10.0. The highest BCUT2D eigenvalue weighted by Crippen LogP contribution is 2.51. The lowest BCUT2D eigenvalue weighted by atomic mass is 9.71. The van der Waals surface area contributed by atoms with Crippen LogP contribution in [0.15, 0.2) is 35.9 Å². The van der Waals surface area contributed by atoms with Crippen LogP contribution in [0.3, 0.4) is 0 Å². The third-order valence-corrected chi connectivity index (χ3v) is 7.61. The Balaban J connectivity index is 1.95. The van der Waals surface area contributed by atoms with E-state index in [1.807, 2.05) is 25.1 Å². The molecule has 0 radical (unpaired) electrons. The zero-order chi connectivity index (χ0) is 21.7. The predicted octanol–water partition coefficient (Wildman–Crippen LogP) is 6.87. The van der Waals surface area contributed by atoms with E-state index in [0.29, 0.717) is 5.56 Å². The Morgan fingerprint density at radius 3 is 2.33 bits per heavy atom. The van der Waals surface area contributed by atoms with Crippen molar-refractivity contribution < 1.29 is 15.3 Å². The summed E-state index contributed by atoms with van der Waals surface area (Å²) in [4.78, 5) is 0. The fourth-order valence-electron chi connectivity index (χ4n) is 5.84. The Bertz CT molecular complexity index is 747. The van der Waals surface area contributed by atoms with E-state index < -0.39 is 0 Å². The van der Waals surface area contributed by atoms with E-state index in [-0.39, 0.29) is 35.4 Å². The maximum Gasteiger partial charge on any atom is 0.123 e. The summed E-state index contributed by atoms with van der Waals surface area (Å²) >= 11 is 0. The molecule has 0 spiro atoms. The first-order valence-electron chi connectivity index (χ1n) is 11.9. The van der Waals surface area contributed by atoms with E-state index >= 15 is 0 Å². The quantitative estimate of drug-likeness (QED) is 0.306. The average Bonchev–Trinajstić information content (AvgIpc) is 3.20. The molecule has 3 N–H and O–H groups in total. The third-order valence-electron chi connectivity index (χ3n) is 7.61. The zero-order valence-corrected chi connectivity index (χ0v) is 18.9. The minimum absolute atomic E-state index is 0.0277. The van der Waals surface area contributed by atoms with Crippen LogP contribution in [0.2, 0.25) is 0 Å². The molecule has 2 unspecified atom stereocenters. The van der Waals surface area contributed by atoms with Crippen molar-refractivity contribution in [1.29, 1.82) is 0 Å². The standard InChI is InChI=1S/C27H40O3/c1-4-5-6-7-12-27(13-8-9-14-27)21-16-24(29)26(25(30)17-21)23-15-20(18-28)10-11-22(23)19(2)3/h15-17,22-23,28-30H,2,4-14,18H2,1,3H3. The summed E-state index contributed by atoms with van der Waals surface area (Å²) in [5.74, 6) is 0.405. The maximum absolute atomic E-state index is 11.1. The predicted molar refractivity (Wildman–Crippen MR) is 124 cm³/mol. The Hall–Kier alpha value is -1.74. The number of unbranched alkanes of at least 4 members (excludes halogenated alkanes) is 3. The molecule has 0 heterocycles. The molecule has 3 rings (SSSR count). The van der Waals surface area contributed by atoms with Gasteiger partial charge in [0.05, 0.1) is 6.61 Å². The van der Waals surface area contributed by atoms with Gasteiger partial charge in [-0.2, -0.15) is 0 Å². The minimum Gasteiger partial charge on any atom is -0.507 e. The van der Waals surface area contributed by atoms with Gasteiger partial charge in [0, 0.05) is 11.5 Å². The number of hydrogen-bond donors (Lipinski definition) is 3. The number of allylic oxidation sites excluding steroid dienone is 2. The van der Waals surface area contributed by atoms with E-state index in [1.54, 1.807) is 0 Å².